The lowest BCUT2D eigenvalue weighted by atomic mass is 10.0. The van der Waals surface area contributed by atoms with E-state index in [0.29, 0.717) is 19.1 Å². The van der Waals surface area contributed by atoms with Gasteiger partial charge in [-0.15, -0.1) is 0 Å². The summed E-state index contributed by atoms with van der Waals surface area (Å²) in [4.78, 5) is 17.3. The number of carboxylic acid groups (broad SMARTS) is 1. The number of anilines is 2. The first kappa shape index (κ1) is 15.0. The van der Waals surface area contributed by atoms with Gasteiger partial charge in [0.2, 0.25) is 0 Å². The third-order valence-corrected chi connectivity index (χ3v) is 4.82. The van der Waals surface area contributed by atoms with Crippen molar-refractivity contribution in [1.82, 2.24) is 9.80 Å². The summed E-state index contributed by atoms with van der Waals surface area (Å²) < 4.78 is 0. The molecule has 2 heterocycles. The first-order chi connectivity index (χ1) is 10.6. The van der Waals surface area contributed by atoms with Gasteiger partial charge in [-0.05, 0) is 37.1 Å². The molecule has 1 aromatic rings. The van der Waals surface area contributed by atoms with Crippen LogP contribution in [-0.2, 0) is 0 Å². The normalized spacial score (nSPS) is 21.1. The second-order valence-electron chi connectivity index (χ2n) is 6.12. The minimum atomic E-state index is -0.794. The summed E-state index contributed by atoms with van der Waals surface area (Å²) in [6.45, 7) is 5.08. The number of rotatable bonds is 2. The van der Waals surface area contributed by atoms with Crippen molar-refractivity contribution in [3.63, 3.8) is 0 Å². The molecule has 2 saturated heterocycles. The number of nitrogen functional groups attached to an aromatic ring is 1. The van der Waals surface area contributed by atoms with Crippen LogP contribution in [0.25, 0.3) is 0 Å². The highest BCUT2D eigenvalue weighted by atomic mass is 16.4. The molecule has 0 aromatic heterocycles. The van der Waals surface area contributed by atoms with Gasteiger partial charge in [0.25, 0.3) is 0 Å². The molecule has 22 heavy (non-hydrogen) atoms. The van der Waals surface area contributed by atoms with Crippen LogP contribution in [0.3, 0.4) is 0 Å². The van der Waals surface area contributed by atoms with Crippen molar-refractivity contribution in [2.24, 2.45) is 0 Å². The molecule has 0 unspecified atom stereocenters. The SMILES string of the molecule is Nc1ccc(N2CCC(N3CCN(C(=O)O)CC3)CC2)cc1. The van der Waals surface area contributed by atoms with Crippen LogP contribution in [0.15, 0.2) is 24.3 Å². The van der Waals surface area contributed by atoms with Gasteiger partial charge in [-0.2, -0.15) is 0 Å². The molecule has 2 aliphatic heterocycles. The van der Waals surface area contributed by atoms with Crippen molar-refractivity contribution in [1.29, 1.82) is 0 Å². The van der Waals surface area contributed by atoms with Crippen molar-refractivity contribution >= 4 is 17.5 Å². The smallest absolute Gasteiger partial charge is 0.407 e. The van der Waals surface area contributed by atoms with Gasteiger partial charge in [0, 0.05) is 56.7 Å². The Bertz CT molecular complexity index is 503. The van der Waals surface area contributed by atoms with Gasteiger partial charge < -0.3 is 20.6 Å². The minimum Gasteiger partial charge on any atom is -0.465 e. The number of amides is 1. The van der Waals surface area contributed by atoms with E-state index < -0.39 is 6.09 Å². The molecular formula is C16H24N4O2. The first-order valence-corrected chi connectivity index (χ1v) is 7.96. The maximum Gasteiger partial charge on any atom is 0.407 e. The largest absolute Gasteiger partial charge is 0.465 e. The lowest BCUT2D eigenvalue weighted by Gasteiger charge is -2.42. The molecule has 2 aliphatic rings. The van der Waals surface area contributed by atoms with Crippen LogP contribution < -0.4 is 10.6 Å². The second kappa shape index (κ2) is 6.44. The summed E-state index contributed by atoms with van der Waals surface area (Å²) in [5, 5.41) is 9.01. The molecule has 6 heteroatoms. The van der Waals surface area contributed by atoms with Gasteiger partial charge in [-0.25, -0.2) is 4.79 Å². The zero-order valence-electron chi connectivity index (χ0n) is 12.8. The summed E-state index contributed by atoms with van der Waals surface area (Å²) in [6, 6.07) is 8.66. The van der Waals surface area contributed by atoms with Crippen molar-refractivity contribution in [2.75, 3.05) is 49.9 Å². The average molecular weight is 304 g/mol. The van der Waals surface area contributed by atoms with E-state index in [2.05, 4.69) is 21.9 Å². The lowest BCUT2D eigenvalue weighted by molar-refractivity contribution is 0.0775. The van der Waals surface area contributed by atoms with Gasteiger partial charge >= 0.3 is 6.09 Å². The summed E-state index contributed by atoms with van der Waals surface area (Å²) in [5.74, 6) is 0. The van der Waals surface area contributed by atoms with Crippen molar-refractivity contribution in [3.8, 4) is 0 Å². The zero-order chi connectivity index (χ0) is 15.5. The number of nitrogens with two attached hydrogens (primary N) is 1. The monoisotopic (exact) mass is 304 g/mol. The molecule has 0 aliphatic carbocycles. The highest BCUT2D eigenvalue weighted by molar-refractivity contribution is 5.65. The van der Waals surface area contributed by atoms with Crippen molar-refractivity contribution in [2.45, 2.75) is 18.9 Å². The molecular weight excluding hydrogens is 280 g/mol. The number of benzene rings is 1. The summed E-state index contributed by atoms with van der Waals surface area (Å²) in [5.41, 5.74) is 7.78. The number of hydrogen-bond acceptors (Lipinski definition) is 4. The van der Waals surface area contributed by atoms with Gasteiger partial charge in [0.15, 0.2) is 0 Å². The van der Waals surface area contributed by atoms with Gasteiger partial charge in [0.05, 0.1) is 0 Å². The van der Waals surface area contributed by atoms with Crippen LogP contribution in [-0.4, -0.2) is 66.3 Å². The molecule has 0 atom stereocenters. The maximum absolute atomic E-state index is 11.0. The Balaban J connectivity index is 1.50. The number of hydrogen-bond donors (Lipinski definition) is 2. The predicted octanol–water partition coefficient (Wildman–Crippen LogP) is 1.53. The van der Waals surface area contributed by atoms with E-state index in [1.807, 2.05) is 12.1 Å². The van der Waals surface area contributed by atoms with E-state index in [9.17, 15) is 4.79 Å². The third kappa shape index (κ3) is 3.27. The fourth-order valence-electron chi connectivity index (χ4n) is 3.45. The Kier molecular flexibility index (Phi) is 4.38. The standard InChI is InChI=1S/C16H24N4O2/c17-13-1-3-14(4-2-13)18-7-5-15(6-8-18)19-9-11-20(12-10-19)16(21)22/h1-4,15H,5-12,17H2,(H,21,22). The number of nitrogens with zero attached hydrogens (tertiary/aromatic N) is 3. The summed E-state index contributed by atoms with van der Waals surface area (Å²) >= 11 is 0. The fourth-order valence-corrected chi connectivity index (χ4v) is 3.45. The lowest BCUT2D eigenvalue weighted by Crippen LogP contribution is -2.54. The molecule has 0 saturated carbocycles. The Labute approximate surface area is 131 Å². The van der Waals surface area contributed by atoms with Crippen LogP contribution in [0.5, 0.6) is 0 Å². The Morgan fingerprint density at radius 2 is 1.59 bits per heavy atom. The van der Waals surface area contributed by atoms with Gasteiger partial charge in [-0.1, -0.05) is 0 Å². The molecule has 1 amide bonds. The van der Waals surface area contributed by atoms with Crippen LogP contribution in [0.2, 0.25) is 0 Å². The highest BCUT2D eigenvalue weighted by Crippen LogP contribution is 2.24. The van der Waals surface area contributed by atoms with E-state index in [4.69, 9.17) is 10.8 Å². The second-order valence-corrected chi connectivity index (χ2v) is 6.12. The van der Waals surface area contributed by atoms with E-state index in [1.165, 1.54) is 10.6 Å². The van der Waals surface area contributed by atoms with Crippen LogP contribution in [0.1, 0.15) is 12.8 Å². The first-order valence-electron chi connectivity index (χ1n) is 7.96. The van der Waals surface area contributed by atoms with Crippen molar-refractivity contribution in [3.05, 3.63) is 24.3 Å². The Hall–Kier alpha value is -1.95. The number of piperidine rings is 1. The van der Waals surface area contributed by atoms with Crippen molar-refractivity contribution < 1.29 is 9.90 Å². The average Bonchev–Trinajstić information content (AvgIpc) is 2.56. The summed E-state index contributed by atoms with van der Waals surface area (Å²) in [7, 11) is 0. The molecule has 3 N–H and O–H groups in total. The topological polar surface area (TPSA) is 73.0 Å². The quantitative estimate of drug-likeness (QED) is 0.811. The molecule has 0 spiro atoms. The Morgan fingerprint density at radius 3 is 2.14 bits per heavy atom. The minimum absolute atomic E-state index is 0.584. The van der Waals surface area contributed by atoms with E-state index in [1.54, 1.807) is 0 Å². The predicted molar refractivity (Wildman–Crippen MR) is 87.3 cm³/mol. The fraction of sp³-hybridized carbons (Fsp3) is 0.562. The number of carbonyl (C=O) groups is 1. The molecule has 1 aromatic carbocycles. The van der Waals surface area contributed by atoms with Crippen LogP contribution in [0.4, 0.5) is 16.2 Å². The molecule has 120 valence electrons. The molecule has 6 nitrogen and oxygen atoms in total. The molecule has 2 fully saturated rings. The van der Waals surface area contributed by atoms with Gasteiger partial charge in [0.1, 0.15) is 0 Å². The van der Waals surface area contributed by atoms with Gasteiger partial charge in [-0.3, -0.25) is 4.90 Å². The van der Waals surface area contributed by atoms with Crippen LogP contribution >= 0.6 is 0 Å². The maximum atomic E-state index is 11.0. The molecule has 3 rings (SSSR count). The van der Waals surface area contributed by atoms with E-state index >= 15 is 0 Å². The zero-order valence-corrected chi connectivity index (χ0v) is 12.8. The summed E-state index contributed by atoms with van der Waals surface area (Å²) in [6.07, 6.45) is 1.48. The highest BCUT2D eigenvalue weighted by Gasteiger charge is 2.28. The molecule has 0 bridgehead atoms. The Morgan fingerprint density at radius 1 is 1.00 bits per heavy atom. The van der Waals surface area contributed by atoms with Crippen LogP contribution in [0, 0.1) is 0 Å². The van der Waals surface area contributed by atoms with E-state index in [0.717, 1.165) is 44.7 Å². The third-order valence-electron chi connectivity index (χ3n) is 4.82. The molecule has 0 radical (unpaired) electrons. The van der Waals surface area contributed by atoms with E-state index in [-0.39, 0.29) is 0 Å². The number of piperazine rings is 1.